The van der Waals surface area contributed by atoms with Gasteiger partial charge in [-0.2, -0.15) is 17.7 Å². The molecule has 0 aliphatic carbocycles. The number of aryl methyl sites for hydroxylation is 1. The summed E-state index contributed by atoms with van der Waals surface area (Å²) in [5.41, 5.74) is 0.00831. The highest BCUT2D eigenvalue weighted by Crippen LogP contribution is 2.07. The molecule has 1 heterocycles. The van der Waals surface area contributed by atoms with Crippen molar-refractivity contribution in [3.05, 3.63) is 40.8 Å². The molecular formula is C13H16N2OS. The van der Waals surface area contributed by atoms with E-state index in [0.29, 0.717) is 6.54 Å². The lowest BCUT2D eigenvalue weighted by atomic mass is 10.2. The van der Waals surface area contributed by atoms with Crippen molar-refractivity contribution in [3.8, 4) is 0 Å². The smallest absolute Gasteiger partial charge is 0.267 e. The summed E-state index contributed by atoms with van der Waals surface area (Å²) in [6.07, 6.45) is 4.91. The zero-order valence-electron chi connectivity index (χ0n) is 9.67. The van der Waals surface area contributed by atoms with Crippen LogP contribution in [0.15, 0.2) is 35.3 Å². The molecule has 0 radical (unpaired) electrons. The fourth-order valence-corrected chi connectivity index (χ4v) is 2.06. The van der Waals surface area contributed by atoms with Gasteiger partial charge in [0.05, 0.1) is 11.6 Å². The summed E-state index contributed by atoms with van der Waals surface area (Å²) in [5.74, 6) is 0.903. The maximum Gasteiger partial charge on any atom is 0.274 e. The van der Waals surface area contributed by atoms with E-state index in [-0.39, 0.29) is 5.56 Å². The quantitative estimate of drug-likeness (QED) is 0.651. The Hall–Kier alpha value is -1.29. The predicted molar refractivity (Wildman–Crippen MR) is 73.7 cm³/mol. The normalized spacial score (nSPS) is 10.9. The van der Waals surface area contributed by atoms with Gasteiger partial charge in [0.25, 0.3) is 5.56 Å². The van der Waals surface area contributed by atoms with Crippen LogP contribution in [0.3, 0.4) is 0 Å². The highest BCUT2D eigenvalue weighted by molar-refractivity contribution is 7.80. The number of rotatable bonds is 5. The van der Waals surface area contributed by atoms with E-state index in [4.69, 9.17) is 0 Å². The number of fused-ring (bicyclic) bond motifs is 1. The second kappa shape index (κ2) is 5.87. The molecule has 0 aliphatic heterocycles. The van der Waals surface area contributed by atoms with E-state index in [1.165, 1.54) is 0 Å². The first-order valence-electron chi connectivity index (χ1n) is 5.88. The minimum absolute atomic E-state index is 0.00831. The van der Waals surface area contributed by atoms with E-state index < -0.39 is 0 Å². The number of hydrogen-bond acceptors (Lipinski definition) is 3. The minimum atomic E-state index is 0.00831. The molecule has 0 saturated carbocycles. The van der Waals surface area contributed by atoms with Gasteiger partial charge in [-0.1, -0.05) is 24.6 Å². The number of aromatic nitrogens is 2. The summed E-state index contributed by atoms with van der Waals surface area (Å²) in [6.45, 7) is 0.692. The van der Waals surface area contributed by atoms with Gasteiger partial charge in [0.1, 0.15) is 0 Å². The van der Waals surface area contributed by atoms with E-state index in [1.807, 2.05) is 24.3 Å². The third-order valence-corrected chi connectivity index (χ3v) is 3.11. The minimum Gasteiger partial charge on any atom is -0.267 e. The van der Waals surface area contributed by atoms with Crippen LogP contribution < -0.4 is 5.56 Å². The van der Waals surface area contributed by atoms with E-state index in [2.05, 4.69) is 17.7 Å². The molecule has 0 aliphatic rings. The Bertz CT molecular complexity index is 550. The van der Waals surface area contributed by atoms with Crippen molar-refractivity contribution in [2.75, 3.05) is 5.75 Å². The van der Waals surface area contributed by atoms with Gasteiger partial charge >= 0.3 is 0 Å². The Morgan fingerprint density at radius 3 is 2.82 bits per heavy atom. The molecule has 1 aromatic heterocycles. The van der Waals surface area contributed by atoms with E-state index in [9.17, 15) is 4.79 Å². The third kappa shape index (κ3) is 2.88. The van der Waals surface area contributed by atoms with Crippen LogP contribution in [0.25, 0.3) is 10.8 Å². The zero-order valence-corrected chi connectivity index (χ0v) is 10.6. The average Bonchev–Trinajstić information content (AvgIpc) is 2.37. The Kier molecular flexibility index (Phi) is 4.20. The second-order valence-corrected chi connectivity index (χ2v) is 4.49. The summed E-state index contributed by atoms with van der Waals surface area (Å²) in [5, 5.41) is 5.84. The molecule has 2 aromatic rings. The topological polar surface area (TPSA) is 34.9 Å². The number of nitrogens with zero attached hydrogens (tertiary/aromatic N) is 2. The number of hydrogen-bond donors (Lipinski definition) is 1. The molecule has 17 heavy (non-hydrogen) atoms. The van der Waals surface area contributed by atoms with Gasteiger partial charge in [0.15, 0.2) is 0 Å². The van der Waals surface area contributed by atoms with Crippen molar-refractivity contribution in [1.82, 2.24) is 9.78 Å². The first-order valence-corrected chi connectivity index (χ1v) is 6.52. The standard InChI is InChI=1S/C13H16N2OS/c16-13-12-7-3-2-6-11(12)10-14-15(13)8-4-1-5-9-17/h2-3,6-7,10,17H,1,4-5,8-9H2. The third-order valence-electron chi connectivity index (χ3n) is 2.79. The highest BCUT2D eigenvalue weighted by atomic mass is 32.1. The van der Waals surface area contributed by atoms with Crippen LogP contribution in [0, 0.1) is 0 Å². The summed E-state index contributed by atoms with van der Waals surface area (Å²) in [4.78, 5) is 12.1. The molecular weight excluding hydrogens is 232 g/mol. The van der Waals surface area contributed by atoms with Crippen molar-refractivity contribution in [2.24, 2.45) is 0 Å². The van der Waals surface area contributed by atoms with Crippen LogP contribution >= 0.6 is 12.6 Å². The van der Waals surface area contributed by atoms with Crippen molar-refractivity contribution >= 4 is 23.4 Å². The molecule has 0 amide bonds. The largest absolute Gasteiger partial charge is 0.274 e. The van der Waals surface area contributed by atoms with Crippen molar-refractivity contribution < 1.29 is 0 Å². The van der Waals surface area contributed by atoms with Crippen LogP contribution in [-0.2, 0) is 6.54 Å². The van der Waals surface area contributed by atoms with Crippen LogP contribution in [0.4, 0.5) is 0 Å². The molecule has 90 valence electrons. The monoisotopic (exact) mass is 248 g/mol. The molecule has 1 aromatic carbocycles. The molecule has 4 heteroatoms. The predicted octanol–water partition coefficient (Wildman–Crippen LogP) is 2.50. The van der Waals surface area contributed by atoms with E-state index in [0.717, 1.165) is 35.8 Å². The molecule has 2 rings (SSSR count). The molecule has 0 unspecified atom stereocenters. The van der Waals surface area contributed by atoms with Gasteiger partial charge in [0.2, 0.25) is 0 Å². The average molecular weight is 248 g/mol. The molecule has 3 nitrogen and oxygen atoms in total. The van der Waals surface area contributed by atoms with Gasteiger partial charge in [-0.15, -0.1) is 0 Å². The molecule has 0 spiro atoms. The fraction of sp³-hybridized carbons (Fsp3) is 0.385. The van der Waals surface area contributed by atoms with Crippen molar-refractivity contribution in [1.29, 1.82) is 0 Å². The van der Waals surface area contributed by atoms with Crippen LogP contribution in [0.1, 0.15) is 19.3 Å². The molecule has 0 fully saturated rings. The first-order chi connectivity index (χ1) is 8.33. The highest BCUT2D eigenvalue weighted by Gasteiger charge is 2.02. The summed E-state index contributed by atoms with van der Waals surface area (Å²) in [6, 6.07) is 7.56. The first kappa shape index (κ1) is 12.2. The van der Waals surface area contributed by atoms with E-state index in [1.54, 1.807) is 10.9 Å². The van der Waals surface area contributed by atoms with Gasteiger partial charge in [0, 0.05) is 11.9 Å². The maximum absolute atomic E-state index is 12.1. The summed E-state index contributed by atoms with van der Waals surface area (Å²) in [7, 11) is 0. The number of benzene rings is 1. The number of thiol groups is 1. The summed E-state index contributed by atoms with van der Waals surface area (Å²) < 4.78 is 1.56. The van der Waals surface area contributed by atoms with Crippen LogP contribution in [0.2, 0.25) is 0 Å². The molecule has 0 saturated heterocycles. The lowest BCUT2D eigenvalue weighted by Gasteiger charge is -2.05. The van der Waals surface area contributed by atoms with Crippen LogP contribution in [0.5, 0.6) is 0 Å². The lowest BCUT2D eigenvalue weighted by Crippen LogP contribution is -2.22. The Balaban J connectivity index is 2.18. The maximum atomic E-state index is 12.1. The SMILES string of the molecule is O=c1c2ccccc2cnn1CCCCCS. The van der Waals surface area contributed by atoms with Gasteiger partial charge < -0.3 is 0 Å². The Labute approximate surface area is 106 Å². The Morgan fingerprint density at radius 1 is 1.18 bits per heavy atom. The van der Waals surface area contributed by atoms with Crippen molar-refractivity contribution in [3.63, 3.8) is 0 Å². The molecule has 0 atom stereocenters. The molecule has 0 N–H and O–H groups in total. The summed E-state index contributed by atoms with van der Waals surface area (Å²) >= 11 is 4.17. The van der Waals surface area contributed by atoms with Gasteiger partial charge in [-0.05, 0) is 24.7 Å². The van der Waals surface area contributed by atoms with Crippen molar-refractivity contribution in [2.45, 2.75) is 25.8 Å². The van der Waals surface area contributed by atoms with Crippen LogP contribution in [-0.4, -0.2) is 15.5 Å². The fourth-order valence-electron chi connectivity index (χ4n) is 1.84. The number of unbranched alkanes of at least 4 members (excludes halogenated alkanes) is 2. The Morgan fingerprint density at radius 2 is 2.00 bits per heavy atom. The van der Waals surface area contributed by atoms with Gasteiger partial charge in [-0.3, -0.25) is 4.79 Å². The van der Waals surface area contributed by atoms with E-state index >= 15 is 0 Å². The lowest BCUT2D eigenvalue weighted by molar-refractivity contribution is 0.534. The second-order valence-electron chi connectivity index (χ2n) is 4.04. The molecule has 0 bridgehead atoms. The zero-order chi connectivity index (χ0) is 12.1. The van der Waals surface area contributed by atoms with Gasteiger partial charge in [-0.25, -0.2) is 4.68 Å².